The Morgan fingerprint density at radius 2 is 1.83 bits per heavy atom. The smallest absolute Gasteiger partial charge is 0.239 e. The van der Waals surface area contributed by atoms with Crippen LogP contribution in [0.1, 0.15) is 58.3 Å². The third kappa shape index (κ3) is 2.87. The quantitative estimate of drug-likeness (QED) is 0.835. The van der Waals surface area contributed by atoms with Crippen LogP contribution in [0.15, 0.2) is 0 Å². The summed E-state index contributed by atoms with van der Waals surface area (Å²) in [5, 5.41) is 0. The molecule has 1 unspecified atom stereocenters. The van der Waals surface area contributed by atoms with Gasteiger partial charge in [0.2, 0.25) is 5.91 Å². The van der Waals surface area contributed by atoms with Crippen molar-refractivity contribution < 1.29 is 4.79 Å². The summed E-state index contributed by atoms with van der Waals surface area (Å²) in [4.78, 5) is 14.2. The maximum atomic E-state index is 12.3. The first-order valence-corrected chi connectivity index (χ1v) is 7.65. The normalized spacial score (nSPS) is 30.6. The molecule has 2 aliphatic carbocycles. The zero-order valence-electron chi connectivity index (χ0n) is 11.9. The van der Waals surface area contributed by atoms with E-state index in [0.717, 1.165) is 31.6 Å². The Kier molecular flexibility index (Phi) is 4.66. The highest BCUT2D eigenvalue weighted by atomic mass is 16.2. The largest absolute Gasteiger partial charge is 0.341 e. The Morgan fingerprint density at radius 1 is 1.22 bits per heavy atom. The van der Waals surface area contributed by atoms with E-state index in [2.05, 4.69) is 6.92 Å². The zero-order valence-corrected chi connectivity index (χ0v) is 11.9. The monoisotopic (exact) mass is 252 g/mol. The summed E-state index contributed by atoms with van der Waals surface area (Å²) < 4.78 is 0. The molecule has 2 fully saturated rings. The van der Waals surface area contributed by atoms with Crippen molar-refractivity contribution in [3.05, 3.63) is 0 Å². The fraction of sp³-hybridized carbons (Fsp3) is 0.933. The second kappa shape index (κ2) is 6.05. The molecule has 2 N–H and O–H groups in total. The fourth-order valence-corrected chi connectivity index (χ4v) is 3.35. The van der Waals surface area contributed by atoms with Gasteiger partial charge in [-0.05, 0) is 43.9 Å². The van der Waals surface area contributed by atoms with Gasteiger partial charge in [-0.15, -0.1) is 0 Å². The molecule has 0 saturated heterocycles. The molecular weight excluding hydrogens is 224 g/mol. The molecule has 18 heavy (non-hydrogen) atoms. The number of rotatable bonds is 4. The minimum atomic E-state index is -0.256. The van der Waals surface area contributed by atoms with Crippen LogP contribution >= 0.6 is 0 Å². The van der Waals surface area contributed by atoms with Crippen molar-refractivity contribution in [3.8, 4) is 0 Å². The lowest BCUT2D eigenvalue weighted by atomic mass is 9.77. The Hall–Kier alpha value is -0.570. The summed E-state index contributed by atoms with van der Waals surface area (Å²) in [6.45, 7) is 2.26. The van der Waals surface area contributed by atoms with Crippen molar-refractivity contribution in [2.75, 3.05) is 7.05 Å². The standard InChI is InChI=1S/C15H28N2O/c1-3-11-7-9-12(10-8-11)14(16)15(18)17(2)13-5-4-6-13/h11-14H,3-10,16H2,1-2H3. The molecular formula is C15H28N2O. The van der Waals surface area contributed by atoms with E-state index in [4.69, 9.17) is 5.73 Å². The summed E-state index contributed by atoms with van der Waals surface area (Å²) in [6, 6.07) is 0.212. The summed E-state index contributed by atoms with van der Waals surface area (Å²) in [5.74, 6) is 1.47. The number of amides is 1. The van der Waals surface area contributed by atoms with Crippen molar-refractivity contribution in [1.82, 2.24) is 4.90 Å². The molecule has 3 nitrogen and oxygen atoms in total. The molecule has 0 aromatic heterocycles. The van der Waals surface area contributed by atoms with Crippen LogP contribution in [0.25, 0.3) is 0 Å². The van der Waals surface area contributed by atoms with Crippen LogP contribution in [0, 0.1) is 11.8 Å². The van der Waals surface area contributed by atoms with E-state index in [1.807, 2.05) is 11.9 Å². The van der Waals surface area contributed by atoms with E-state index >= 15 is 0 Å². The van der Waals surface area contributed by atoms with Crippen LogP contribution < -0.4 is 5.73 Å². The molecule has 2 rings (SSSR count). The van der Waals surface area contributed by atoms with E-state index in [-0.39, 0.29) is 11.9 Å². The van der Waals surface area contributed by atoms with Crippen LogP contribution in [-0.2, 0) is 4.79 Å². The molecule has 0 radical (unpaired) electrons. The molecule has 2 saturated carbocycles. The first-order valence-electron chi connectivity index (χ1n) is 7.65. The van der Waals surface area contributed by atoms with Gasteiger partial charge < -0.3 is 10.6 Å². The average molecular weight is 252 g/mol. The Balaban J connectivity index is 1.83. The molecule has 0 bridgehead atoms. The molecule has 104 valence electrons. The maximum Gasteiger partial charge on any atom is 0.239 e. The van der Waals surface area contributed by atoms with Crippen LogP contribution in [0.3, 0.4) is 0 Å². The summed E-state index contributed by atoms with van der Waals surface area (Å²) in [7, 11) is 1.93. The van der Waals surface area contributed by atoms with Crippen LogP contribution in [0.2, 0.25) is 0 Å². The molecule has 1 atom stereocenters. The molecule has 2 aliphatic rings. The highest BCUT2D eigenvalue weighted by molar-refractivity contribution is 5.82. The predicted molar refractivity (Wildman–Crippen MR) is 74.1 cm³/mol. The van der Waals surface area contributed by atoms with E-state index in [1.165, 1.54) is 25.7 Å². The Bertz CT molecular complexity index is 280. The lowest BCUT2D eigenvalue weighted by Crippen LogP contribution is -2.52. The number of likely N-dealkylation sites (N-methyl/N-ethyl adjacent to an activating group) is 1. The second-order valence-corrected chi connectivity index (χ2v) is 6.25. The fourth-order valence-electron chi connectivity index (χ4n) is 3.35. The highest BCUT2D eigenvalue weighted by Gasteiger charge is 2.34. The van der Waals surface area contributed by atoms with Gasteiger partial charge in [0.15, 0.2) is 0 Å². The number of hydrogen-bond donors (Lipinski definition) is 1. The molecule has 1 amide bonds. The van der Waals surface area contributed by atoms with Crippen molar-refractivity contribution in [2.24, 2.45) is 17.6 Å². The van der Waals surface area contributed by atoms with Gasteiger partial charge in [-0.1, -0.05) is 26.2 Å². The summed E-state index contributed by atoms with van der Waals surface area (Å²) >= 11 is 0. The molecule has 3 heteroatoms. The van der Waals surface area contributed by atoms with Gasteiger partial charge in [-0.2, -0.15) is 0 Å². The number of nitrogens with two attached hydrogens (primary N) is 1. The molecule has 0 heterocycles. The van der Waals surface area contributed by atoms with Crippen molar-refractivity contribution in [2.45, 2.75) is 70.4 Å². The van der Waals surface area contributed by atoms with E-state index < -0.39 is 0 Å². The molecule has 0 aromatic carbocycles. The van der Waals surface area contributed by atoms with Crippen LogP contribution in [0.5, 0.6) is 0 Å². The van der Waals surface area contributed by atoms with Gasteiger partial charge in [-0.25, -0.2) is 0 Å². The zero-order chi connectivity index (χ0) is 13.1. The SMILES string of the molecule is CCC1CCC(C(N)C(=O)N(C)C2CCC2)CC1. The van der Waals surface area contributed by atoms with E-state index in [0.29, 0.717) is 12.0 Å². The number of carbonyl (C=O) groups excluding carboxylic acids is 1. The molecule has 0 spiro atoms. The third-order valence-corrected chi connectivity index (χ3v) is 5.23. The second-order valence-electron chi connectivity index (χ2n) is 6.25. The number of nitrogens with zero attached hydrogens (tertiary/aromatic N) is 1. The Labute approximate surface area is 111 Å². The van der Waals surface area contributed by atoms with Gasteiger partial charge in [0.1, 0.15) is 0 Å². The van der Waals surface area contributed by atoms with Crippen molar-refractivity contribution in [3.63, 3.8) is 0 Å². The van der Waals surface area contributed by atoms with E-state index in [9.17, 15) is 4.79 Å². The van der Waals surface area contributed by atoms with Gasteiger partial charge in [0.25, 0.3) is 0 Å². The summed E-state index contributed by atoms with van der Waals surface area (Å²) in [6.07, 6.45) is 9.67. The van der Waals surface area contributed by atoms with Crippen molar-refractivity contribution in [1.29, 1.82) is 0 Å². The predicted octanol–water partition coefficient (Wildman–Crippen LogP) is 2.54. The minimum absolute atomic E-state index is 0.180. The van der Waals surface area contributed by atoms with Gasteiger partial charge in [0, 0.05) is 13.1 Å². The third-order valence-electron chi connectivity index (χ3n) is 5.23. The number of carbonyl (C=O) groups is 1. The van der Waals surface area contributed by atoms with E-state index in [1.54, 1.807) is 0 Å². The first-order chi connectivity index (χ1) is 8.63. The lowest BCUT2D eigenvalue weighted by molar-refractivity contribution is -0.136. The summed E-state index contributed by atoms with van der Waals surface area (Å²) in [5.41, 5.74) is 6.21. The van der Waals surface area contributed by atoms with Crippen LogP contribution in [-0.4, -0.2) is 29.9 Å². The maximum absolute atomic E-state index is 12.3. The first kappa shape index (κ1) is 13.9. The topological polar surface area (TPSA) is 46.3 Å². The molecule has 0 aliphatic heterocycles. The Morgan fingerprint density at radius 3 is 2.28 bits per heavy atom. The highest BCUT2D eigenvalue weighted by Crippen LogP contribution is 2.33. The van der Waals surface area contributed by atoms with Crippen molar-refractivity contribution >= 4 is 5.91 Å². The van der Waals surface area contributed by atoms with Gasteiger partial charge in [0.05, 0.1) is 6.04 Å². The van der Waals surface area contributed by atoms with Gasteiger partial charge >= 0.3 is 0 Å². The van der Waals surface area contributed by atoms with Crippen LogP contribution in [0.4, 0.5) is 0 Å². The van der Waals surface area contributed by atoms with Gasteiger partial charge in [-0.3, -0.25) is 4.79 Å². The number of hydrogen-bond acceptors (Lipinski definition) is 2. The average Bonchev–Trinajstić information content (AvgIpc) is 2.35. The lowest BCUT2D eigenvalue weighted by Gasteiger charge is -2.38. The minimum Gasteiger partial charge on any atom is -0.341 e. The molecule has 0 aromatic rings.